The molecule has 1 aromatic rings. The second kappa shape index (κ2) is 4.07. The molecule has 3 nitrogen and oxygen atoms in total. The Morgan fingerprint density at radius 1 is 1.44 bits per heavy atom. The van der Waals surface area contributed by atoms with Crippen LogP contribution in [0.2, 0.25) is 0 Å². The molecule has 3 rings (SSSR count). The van der Waals surface area contributed by atoms with Crippen LogP contribution in [0.3, 0.4) is 0 Å². The van der Waals surface area contributed by atoms with Crippen molar-refractivity contribution in [1.29, 1.82) is 0 Å². The third-order valence-corrected chi connectivity index (χ3v) is 3.74. The molecule has 2 fully saturated rings. The highest BCUT2D eigenvalue weighted by Gasteiger charge is 2.37. The van der Waals surface area contributed by atoms with Gasteiger partial charge in [-0.05, 0) is 12.5 Å². The number of hydrogen-bond acceptors (Lipinski definition) is 3. The van der Waals surface area contributed by atoms with Gasteiger partial charge in [-0.15, -0.1) is 0 Å². The zero-order chi connectivity index (χ0) is 11.0. The van der Waals surface area contributed by atoms with Crippen molar-refractivity contribution >= 4 is 0 Å². The van der Waals surface area contributed by atoms with E-state index in [4.69, 9.17) is 4.74 Å². The normalized spacial score (nSPS) is 28.6. The van der Waals surface area contributed by atoms with Gasteiger partial charge in [-0.2, -0.15) is 0 Å². The first-order chi connectivity index (χ1) is 7.86. The number of piperazine rings is 1. The molecule has 2 saturated heterocycles. The van der Waals surface area contributed by atoms with Gasteiger partial charge in [0.2, 0.25) is 0 Å². The summed E-state index contributed by atoms with van der Waals surface area (Å²) in [5.74, 6) is 1.01. The second-order valence-electron chi connectivity index (χ2n) is 4.74. The lowest BCUT2D eigenvalue weighted by molar-refractivity contribution is 0.215. The molecule has 2 unspecified atom stereocenters. The monoisotopic (exact) mass is 218 g/mol. The first kappa shape index (κ1) is 10.1. The maximum absolute atomic E-state index is 5.39. The molecule has 2 aliphatic rings. The molecule has 2 heterocycles. The van der Waals surface area contributed by atoms with E-state index >= 15 is 0 Å². The Morgan fingerprint density at radius 3 is 3.00 bits per heavy atom. The largest absolute Gasteiger partial charge is 0.496 e. The molecule has 1 aromatic carbocycles. The highest BCUT2D eigenvalue weighted by molar-refractivity contribution is 5.33. The number of hydrogen-bond donors (Lipinski definition) is 1. The first-order valence-corrected chi connectivity index (χ1v) is 5.96. The lowest BCUT2D eigenvalue weighted by Crippen LogP contribution is -2.43. The van der Waals surface area contributed by atoms with Crippen molar-refractivity contribution in [3.63, 3.8) is 0 Å². The minimum absolute atomic E-state index is 0.722. The van der Waals surface area contributed by atoms with Crippen molar-refractivity contribution in [3.05, 3.63) is 29.8 Å². The number of ether oxygens (including phenoxy) is 1. The number of likely N-dealkylation sites (tertiary alicyclic amines) is 1. The Bertz CT molecular complexity index is 380. The van der Waals surface area contributed by atoms with Gasteiger partial charge in [-0.25, -0.2) is 0 Å². The van der Waals surface area contributed by atoms with Gasteiger partial charge < -0.3 is 10.1 Å². The predicted octanol–water partition coefficient (Wildman–Crippen LogP) is 1.24. The van der Waals surface area contributed by atoms with Crippen LogP contribution in [-0.2, 0) is 6.54 Å². The minimum Gasteiger partial charge on any atom is -0.496 e. The summed E-state index contributed by atoms with van der Waals surface area (Å²) in [4.78, 5) is 2.57. The van der Waals surface area contributed by atoms with Crippen LogP contribution in [0.25, 0.3) is 0 Å². The third-order valence-electron chi connectivity index (χ3n) is 3.74. The quantitative estimate of drug-likeness (QED) is 0.826. The molecule has 2 atom stereocenters. The molecule has 16 heavy (non-hydrogen) atoms. The molecule has 2 aliphatic heterocycles. The van der Waals surface area contributed by atoms with E-state index in [-0.39, 0.29) is 0 Å². The number of benzene rings is 1. The lowest BCUT2D eigenvalue weighted by atomic mass is 10.1. The second-order valence-corrected chi connectivity index (χ2v) is 4.74. The molecule has 3 heteroatoms. The average Bonchev–Trinajstić information content (AvgIpc) is 2.92. The fraction of sp³-hybridized carbons (Fsp3) is 0.538. The van der Waals surface area contributed by atoms with Crippen LogP contribution >= 0.6 is 0 Å². The zero-order valence-electron chi connectivity index (χ0n) is 9.65. The molecular weight excluding hydrogens is 200 g/mol. The summed E-state index contributed by atoms with van der Waals surface area (Å²) < 4.78 is 5.39. The van der Waals surface area contributed by atoms with E-state index in [2.05, 4.69) is 22.3 Å². The Balaban J connectivity index is 1.74. The Hall–Kier alpha value is -1.06. The van der Waals surface area contributed by atoms with E-state index in [1.807, 2.05) is 12.1 Å². The van der Waals surface area contributed by atoms with Crippen molar-refractivity contribution in [1.82, 2.24) is 10.2 Å². The summed E-state index contributed by atoms with van der Waals surface area (Å²) in [7, 11) is 1.75. The van der Waals surface area contributed by atoms with Crippen LogP contribution in [0.1, 0.15) is 12.0 Å². The van der Waals surface area contributed by atoms with Crippen LogP contribution in [-0.4, -0.2) is 37.2 Å². The van der Waals surface area contributed by atoms with Crippen LogP contribution in [0.15, 0.2) is 24.3 Å². The molecule has 86 valence electrons. The Labute approximate surface area is 96.4 Å². The van der Waals surface area contributed by atoms with Gasteiger partial charge in [0.05, 0.1) is 7.11 Å². The van der Waals surface area contributed by atoms with Crippen molar-refractivity contribution in [3.8, 4) is 5.75 Å². The fourth-order valence-electron chi connectivity index (χ4n) is 2.89. The molecule has 0 amide bonds. The molecule has 0 saturated carbocycles. The van der Waals surface area contributed by atoms with Crippen molar-refractivity contribution in [2.24, 2.45) is 0 Å². The molecule has 0 radical (unpaired) electrons. The van der Waals surface area contributed by atoms with Gasteiger partial charge in [0.25, 0.3) is 0 Å². The molecular formula is C13H18N2O. The van der Waals surface area contributed by atoms with Gasteiger partial charge in [0.1, 0.15) is 5.75 Å². The van der Waals surface area contributed by atoms with E-state index in [0.29, 0.717) is 0 Å². The fourth-order valence-corrected chi connectivity index (χ4v) is 2.89. The SMILES string of the molecule is COc1ccccc1CN1CC2CC1CN2. The Morgan fingerprint density at radius 2 is 2.31 bits per heavy atom. The van der Waals surface area contributed by atoms with Crippen LogP contribution in [0.4, 0.5) is 0 Å². The van der Waals surface area contributed by atoms with E-state index in [9.17, 15) is 0 Å². The molecule has 0 spiro atoms. The molecule has 0 aliphatic carbocycles. The van der Waals surface area contributed by atoms with Crippen LogP contribution in [0, 0.1) is 0 Å². The van der Waals surface area contributed by atoms with Gasteiger partial charge in [-0.3, -0.25) is 4.90 Å². The van der Waals surface area contributed by atoms with Crippen molar-refractivity contribution in [2.75, 3.05) is 20.2 Å². The highest BCUT2D eigenvalue weighted by Crippen LogP contribution is 2.27. The molecule has 2 bridgehead atoms. The molecule has 1 N–H and O–H groups in total. The first-order valence-electron chi connectivity index (χ1n) is 5.96. The van der Waals surface area contributed by atoms with E-state index in [1.54, 1.807) is 7.11 Å². The zero-order valence-corrected chi connectivity index (χ0v) is 9.65. The van der Waals surface area contributed by atoms with E-state index < -0.39 is 0 Å². The predicted molar refractivity (Wildman–Crippen MR) is 63.6 cm³/mol. The number of fused-ring (bicyclic) bond motifs is 2. The minimum atomic E-state index is 0.722. The summed E-state index contributed by atoms with van der Waals surface area (Å²) in [6.07, 6.45) is 1.31. The smallest absolute Gasteiger partial charge is 0.123 e. The summed E-state index contributed by atoms with van der Waals surface area (Å²) in [5, 5.41) is 3.53. The topological polar surface area (TPSA) is 24.5 Å². The van der Waals surface area contributed by atoms with Crippen LogP contribution < -0.4 is 10.1 Å². The van der Waals surface area contributed by atoms with Crippen molar-refractivity contribution in [2.45, 2.75) is 25.0 Å². The highest BCUT2D eigenvalue weighted by atomic mass is 16.5. The van der Waals surface area contributed by atoms with E-state index in [1.165, 1.54) is 18.5 Å². The summed E-state index contributed by atoms with van der Waals surface area (Å²) in [6.45, 7) is 3.36. The number of nitrogens with zero attached hydrogens (tertiary/aromatic N) is 1. The Kier molecular flexibility index (Phi) is 2.58. The average molecular weight is 218 g/mol. The van der Waals surface area contributed by atoms with Crippen LogP contribution in [0.5, 0.6) is 5.75 Å². The van der Waals surface area contributed by atoms with Gasteiger partial charge >= 0.3 is 0 Å². The summed E-state index contributed by atoms with van der Waals surface area (Å²) >= 11 is 0. The van der Waals surface area contributed by atoms with Gasteiger partial charge in [0.15, 0.2) is 0 Å². The molecule has 0 aromatic heterocycles. The standard InChI is InChI=1S/C13H18N2O/c1-16-13-5-3-2-4-10(13)8-15-9-11-6-12(15)7-14-11/h2-5,11-12,14H,6-9H2,1H3. The van der Waals surface area contributed by atoms with Gasteiger partial charge in [-0.1, -0.05) is 18.2 Å². The maximum Gasteiger partial charge on any atom is 0.123 e. The van der Waals surface area contributed by atoms with E-state index in [0.717, 1.165) is 30.9 Å². The number of nitrogens with one attached hydrogen (secondary N) is 1. The third kappa shape index (κ3) is 1.70. The maximum atomic E-state index is 5.39. The summed E-state index contributed by atoms with van der Waals surface area (Å²) in [6, 6.07) is 9.78. The number of methoxy groups -OCH3 is 1. The number of rotatable bonds is 3. The number of para-hydroxylation sites is 1. The summed E-state index contributed by atoms with van der Waals surface area (Å²) in [5.41, 5.74) is 1.30. The lowest BCUT2D eigenvalue weighted by Gasteiger charge is -2.27. The van der Waals surface area contributed by atoms with Crippen molar-refractivity contribution < 1.29 is 4.74 Å². The van der Waals surface area contributed by atoms with Gasteiger partial charge in [0, 0.05) is 37.3 Å².